The van der Waals surface area contributed by atoms with E-state index >= 15 is 0 Å². The molecule has 0 aliphatic heterocycles. The minimum atomic E-state index is -0.783. The summed E-state index contributed by atoms with van der Waals surface area (Å²) >= 11 is 0. The van der Waals surface area contributed by atoms with Gasteiger partial charge in [0.1, 0.15) is 6.04 Å². The van der Waals surface area contributed by atoms with Crippen LogP contribution in [0.5, 0.6) is 11.5 Å². The third-order valence-corrected chi connectivity index (χ3v) is 4.36. The van der Waals surface area contributed by atoms with Crippen LogP contribution in [0.2, 0.25) is 0 Å². The molecule has 0 saturated carbocycles. The summed E-state index contributed by atoms with van der Waals surface area (Å²) in [7, 11) is 1.46. The van der Waals surface area contributed by atoms with Gasteiger partial charge in [0.15, 0.2) is 17.3 Å². The number of amides is 2. The maximum absolute atomic E-state index is 12.8. The van der Waals surface area contributed by atoms with Gasteiger partial charge in [-0.15, -0.1) is 0 Å². The van der Waals surface area contributed by atoms with Crippen LogP contribution in [0.3, 0.4) is 0 Å². The molecular formula is C22H22N2O5. The molecule has 0 spiro atoms. The number of nitrogens with one attached hydrogen (secondary N) is 2. The molecule has 2 amide bonds. The summed E-state index contributed by atoms with van der Waals surface area (Å²) in [6.07, 6.45) is 1.73. The Morgan fingerprint density at radius 3 is 2.55 bits per heavy atom. The lowest BCUT2D eigenvalue weighted by atomic mass is 10.0. The van der Waals surface area contributed by atoms with E-state index in [1.807, 2.05) is 30.3 Å². The molecule has 150 valence electrons. The summed E-state index contributed by atoms with van der Waals surface area (Å²) in [6, 6.07) is 16.6. The number of phenols is 1. The number of ether oxygens (including phenoxy) is 1. The summed E-state index contributed by atoms with van der Waals surface area (Å²) in [4.78, 5) is 25.2. The van der Waals surface area contributed by atoms with Gasteiger partial charge in [-0.25, -0.2) is 0 Å². The van der Waals surface area contributed by atoms with Crippen molar-refractivity contribution in [3.8, 4) is 11.5 Å². The standard InChI is InChI=1S/C22H22N2O5/c1-28-20-13-16(9-10-18(20)25)14-23-21(26)17(12-15-6-3-2-4-7-15)24-22(27)19-8-5-11-29-19/h2-11,13,17,25H,12,14H2,1H3,(H,23,26)(H,24,27). The molecule has 3 aromatic rings. The number of furan rings is 1. The van der Waals surface area contributed by atoms with Crippen molar-refractivity contribution in [1.82, 2.24) is 10.6 Å². The van der Waals surface area contributed by atoms with Crippen LogP contribution < -0.4 is 15.4 Å². The van der Waals surface area contributed by atoms with Gasteiger partial charge in [-0.1, -0.05) is 36.4 Å². The molecule has 3 N–H and O–H groups in total. The smallest absolute Gasteiger partial charge is 0.287 e. The van der Waals surface area contributed by atoms with Gasteiger partial charge in [-0.3, -0.25) is 9.59 Å². The zero-order valence-electron chi connectivity index (χ0n) is 15.9. The number of benzene rings is 2. The summed E-state index contributed by atoms with van der Waals surface area (Å²) in [6.45, 7) is 0.220. The predicted molar refractivity (Wildman–Crippen MR) is 107 cm³/mol. The van der Waals surface area contributed by atoms with E-state index in [2.05, 4.69) is 10.6 Å². The second-order valence-electron chi connectivity index (χ2n) is 6.42. The Bertz CT molecular complexity index is 955. The highest BCUT2D eigenvalue weighted by atomic mass is 16.5. The van der Waals surface area contributed by atoms with Crippen LogP contribution in [-0.4, -0.2) is 30.1 Å². The van der Waals surface area contributed by atoms with Crippen molar-refractivity contribution < 1.29 is 23.8 Å². The van der Waals surface area contributed by atoms with E-state index in [0.29, 0.717) is 12.2 Å². The third kappa shape index (κ3) is 5.38. The van der Waals surface area contributed by atoms with Crippen LogP contribution in [-0.2, 0) is 17.8 Å². The Hall–Kier alpha value is -3.74. The molecule has 7 nitrogen and oxygen atoms in total. The van der Waals surface area contributed by atoms with E-state index < -0.39 is 11.9 Å². The third-order valence-electron chi connectivity index (χ3n) is 4.36. The summed E-state index contributed by atoms with van der Waals surface area (Å²) < 4.78 is 10.2. The first-order chi connectivity index (χ1) is 14.1. The van der Waals surface area contributed by atoms with Crippen LogP contribution in [0.1, 0.15) is 21.7 Å². The number of phenolic OH excluding ortho intramolecular Hbond substituents is 1. The number of carbonyl (C=O) groups is 2. The molecule has 0 aliphatic rings. The largest absolute Gasteiger partial charge is 0.504 e. The minimum absolute atomic E-state index is 0.0234. The quantitative estimate of drug-likeness (QED) is 0.545. The van der Waals surface area contributed by atoms with Gasteiger partial charge in [0.05, 0.1) is 13.4 Å². The first-order valence-corrected chi connectivity index (χ1v) is 9.08. The summed E-state index contributed by atoms with van der Waals surface area (Å²) in [5, 5.41) is 15.2. The Morgan fingerprint density at radius 2 is 1.86 bits per heavy atom. The minimum Gasteiger partial charge on any atom is -0.504 e. The van der Waals surface area contributed by atoms with Crippen molar-refractivity contribution in [2.45, 2.75) is 19.0 Å². The van der Waals surface area contributed by atoms with Crippen LogP contribution in [0.25, 0.3) is 0 Å². The van der Waals surface area contributed by atoms with Gasteiger partial charge < -0.3 is 24.9 Å². The Labute approximate surface area is 168 Å². The maximum atomic E-state index is 12.8. The fourth-order valence-corrected chi connectivity index (χ4v) is 2.84. The molecule has 2 aromatic carbocycles. The molecule has 7 heteroatoms. The second kappa shape index (κ2) is 9.45. The molecule has 0 aliphatic carbocycles. The van der Waals surface area contributed by atoms with Gasteiger partial charge >= 0.3 is 0 Å². The lowest BCUT2D eigenvalue weighted by Crippen LogP contribution is -2.47. The lowest BCUT2D eigenvalue weighted by molar-refractivity contribution is -0.123. The van der Waals surface area contributed by atoms with E-state index in [4.69, 9.17) is 9.15 Å². The average molecular weight is 394 g/mol. The van der Waals surface area contributed by atoms with Crippen molar-refractivity contribution in [3.05, 3.63) is 83.8 Å². The molecule has 1 heterocycles. The van der Waals surface area contributed by atoms with E-state index in [-0.39, 0.29) is 24.0 Å². The summed E-state index contributed by atoms with van der Waals surface area (Å²) in [5.41, 5.74) is 1.67. The fraction of sp³-hybridized carbons (Fsp3) is 0.182. The Morgan fingerprint density at radius 1 is 1.07 bits per heavy atom. The van der Waals surface area contributed by atoms with Crippen LogP contribution in [0.4, 0.5) is 0 Å². The zero-order valence-corrected chi connectivity index (χ0v) is 15.9. The molecule has 3 rings (SSSR count). The first kappa shape index (κ1) is 20.0. The second-order valence-corrected chi connectivity index (χ2v) is 6.42. The maximum Gasteiger partial charge on any atom is 0.287 e. The number of hydrogen-bond donors (Lipinski definition) is 3. The van der Waals surface area contributed by atoms with Crippen LogP contribution in [0, 0.1) is 0 Å². The van der Waals surface area contributed by atoms with E-state index in [1.165, 1.54) is 25.5 Å². The van der Waals surface area contributed by atoms with Crippen molar-refractivity contribution in [1.29, 1.82) is 0 Å². The monoisotopic (exact) mass is 394 g/mol. The molecule has 1 atom stereocenters. The Balaban J connectivity index is 1.70. The normalized spacial score (nSPS) is 11.5. The highest BCUT2D eigenvalue weighted by Crippen LogP contribution is 2.26. The van der Waals surface area contributed by atoms with Gasteiger partial charge in [0.25, 0.3) is 5.91 Å². The van der Waals surface area contributed by atoms with Gasteiger partial charge in [-0.05, 0) is 35.4 Å². The predicted octanol–water partition coefficient (Wildman–Crippen LogP) is 2.65. The highest BCUT2D eigenvalue weighted by Gasteiger charge is 2.23. The van der Waals surface area contributed by atoms with Crippen molar-refractivity contribution in [3.63, 3.8) is 0 Å². The molecule has 0 radical (unpaired) electrons. The number of rotatable bonds is 8. The number of methoxy groups -OCH3 is 1. The van der Waals surface area contributed by atoms with Gasteiger partial charge in [0.2, 0.25) is 5.91 Å². The molecular weight excluding hydrogens is 372 g/mol. The number of hydrogen-bond acceptors (Lipinski definition) is 5. The van der Waals surface area contributed by atoms with Crippen molar-refractivity contribution in [2.75, 3.05) is 7.11 Å². The molecule has 0 saturated heterocycles. The van der Waals surface area contributed by atoms with Crippen LogP contribution in [0.15, 0.2) is 71.3 Å². The topological polar surface area (TPSA) is 101 Å². The van der Waals surface area contributed by atoms with Crippen molar-refractivity contribution >= 4 is 11.8 Å². The molecule has 0 fully saturated rings. The van der Waals surface area contributed by atoms with E-state index in [1.54, 1.807) is 18.2 Å². The van der Waals surface area contributed by atoms with Gasteiger partial charge in [0, 0.05) is 13.0 Å². The van der Waals surface area contributed by atoms with E-state index in [0.717, 1.165) is 11.1 Å². The van der Waals surface area contributed by atoms with E-state index in [9.17, 15) is 14.7 Å². The molecule has 0 bridgehead atoms. The molecule has 1 aromatic heterocycles. The average Bonchev–Trinajstić information content (AvgIpc) is 3.28. The fourth-order valence-electron chi connectivity index (χ4n) is 2.84. The van der Waals surface area contributed by atoms with Gasteiger partial charge in [-0.2, -0.15) is 0 Å². The highest BCUT2D eigenvalue weighted by molar-refractivity contribution is 5.95. The Kier molecular flexibility index (Phi) is 6.52. The van der Waals surface area contributed by atoms with Crippen LogP contribution >= 0.6 is 0 Å². The van der Waals surface area contributed by atoms with Crippen molar-refractivity contribution in [2.24, 2.45) is 0 Å². The zero-order chi connectivity index (χ0) is 20.6. The number of aromatic hydroxyl groups is 1. The lowest BCUT2D eigenvalue weighted by Gasteiger charge is -2.18. The molecule has 29 heavy (non-hydrogen) atoms. The number of carbonyl (C=O) groups excluding carboxylic acids is 2. The summed E-state index contributed by atoms with van der Waals surface area (Å²) in [5.74, 6) is -0.309. The molecule has 1 unspecified atom stereocenters. The SMILES string of the molecule is COc1cc(CNC(=O)C(Cc2ccccc2)NC(=O)c2ccco2)ccc1O. The first-order valence-electron chi connectivity index (χ1n) is 9.08.